The molecule has 1 aromatic rings. The molecule has 0 saturated carbocycles. The molecule has 4 nitrogen and oxygen atoms in total. The summed E-state index contributed by atoms with van der Waals surface area (Å²) in [5.41, 5.74) is 1.01. The largest absolute Gasteiger partial charge is 0.387 e. The van der Waals surface area contributed by atoms with E-state index in [2.05, 4.69) is 17.1 Å². The summed E-state index contributed by atoms with van der Waals surface area (Å²) in [6.07, 6.45) is 1.84. The molecule has 2 N–H and O–H groups in total. The van der Waals surface area contributed by atoms with Crippen LogP contribution in [0.2, 0.25) is 0 Å². The van der Waals surface area contributed by atoms with Crippen molar-refractivity contribution >= 4 is 23.4 Å². The minimum absolute atomic E-state index is 0.120. The maximum absolute atomic E-state index is 12.1. The number of carbonyl (C=O) groups excluding carboxylic acids is 1. The van der Waals surface area contributed by atoms with Crippen LogP contribution in [-0.2, 0) is 0 Å². The summed E-state index contributed by atoms with van der Waals surface area (Å²) < 4.78 is 0. The van der Waals surface area contributed by atoms with Crippen molar-refractivity contribution in [1.82, 2.24) is 5.32 Å². The molecule has 2 rings (SSSR count). The monoisotopic (exact) mass is 308 g/mol. The molecular weight excluding hydrogens is 284 g/mol. The maximum atomic E-state index is 12.1. The van der Waals surface area contributed by atoms with E-state index in [-0.39, 0.29) is 5.91 Å². The van der Waals surface area contributed by atoms with Gasteiger partial charge in [-0.2, -0.15) is 11.8 Å². The van der Waals surface area contributed by atoms with E-state index in [9.17, 15) is 9.90 Å². The van der Waals surface area contributed by atoms with E-state index in [0.29, 0.717) is 17.9 Å². The molecule has 0 bridgehead atoms. The molecule has 1 atom stereocenters. The van der Waals surface area contributed by atoms with Gasteiger partial charge in [-0.1, -0.05) is 6.92 Å². The average Bonchev–Trinajstić information content (AvgIpc) is 2.92. The summed E-state index contributed by atoms with van der Waals surface area (Å²) in [6.45, 7) is 3.47. The van der Waals surface area contributed by atoms with Gasteiger partial charge in [-0.3, -0.25) is 4.79 Å². The number of nitrogens with one attached hydrogen (secondary N) is 1. The van der Waals surface area contributed by atoms with E-state index in [1.807, 2.05) is 31.3 Å². The van der Waals surface area contributed by atoms with Crippen LogP contribution in [0.15, 0.2) is 24.3 Å². The molecule has 1 heterocycles. The molecule has 5 heteroatoms. The predicted octanol–water partition coefficient (Wildman–Crippen LogP) is 2.13. The Kier molecular flexibility index (Phi) is 5.53. The Hall–Kier alpha value is -1.20. The van der Waals surface area contributed by atoms with Crippen molar-refractivity contribution < 1.29 is 9.90 Å². The minimum Gasteiger partial charge on any atom is -0.387 e. The number of benzene rings is 1. The van der Waals surface area contributed by atoms with Gasteiger partial charge in [0.05, 0.1) is 5.60 Å². The van der Waals surface area contributed by atoms with Crippen LogP contribution in [0.4, 0.5) is 5.69 Å². The molecular formula is C16H24N2O2S. The molecule has 0 spiro atoms. The van der Waals surface area contributed by atoms with E-state index in [4.69, 9.17) is 0 Å². The lowest BCUT2D eigenvalue weighted by atomic mass is 10.0. The van der Waals surface area contributed by atoms with Crippen LogP contribution in [0.3, 0.4) is 0 Å². The number of aliphatic hydroxyl groups is 1. The zero-order valence-electron chi connectivity index (χ0n) is 12.8. The maximum Gasteiger partial charge on any atom is 0.251 e. The van der Waals surface area contributed by atoms with E-state index >= 15 is 0 Å². The van der Waals surface area contributed by atoms with Gasteiger partial charge in [0.2, 0.25) is 0 Å². The number of rotatable bonds is 6. The Morgan fingerprint density at radius 3 is 2.71 bits per heavy atom. The first-order valence-corrected chi connectivity index (χ1v) is 8.59. The van der Waals surface area contributed by atoms with Crippen LogP contribution < -0.4 is 10.2 Å². The van der Waals surface area contributed by atoms with Crippen LogP contribution in [0.5, 0.6) is 0 Å². The Bertz CT molecular complexity index is 470. The van der Waals surface area contributed by atoms with Gasteiger partial charge < -0.3 is 15.3 Å². The number of nitrogens with zero attached hydrogens (tertiary/aromatic N) is 1. The van der Waals surface area contributed by atoms with Crippen LogP contribution in [-0.4, -0.2) is 48.3 Å². The summed E-state index contributed by atoms with van der Waals surface area (Å²) in [7, 11) is 2.05. The Morgan fingerprint density at radius 1 is 1.43 bits per heavy atom. The van der Waals surface area contributed by atoms with Gasteiger partial charge in [0, 0.05) is 37.1 Å². The van der Waals surface area contributed by atoms with Gasteiger partial charge in [0.1, 0.15) is 0 Å². The van der Waals surface area contributed by atoms with Gasteiger partial charge in [-0.15, -0.1) is 0 Å². The van der Waals surface area contributed by atoms with Crippen molar-refractivity contribution in [3.63, 3.8) is 0 Å². The van der Waals surface area contributed by atoms with Crippen LogP contribution in [0.1, 0.15) is 30.1 Å². The fourth-order valence-corrected chi connectivity index (χ4v) is 3.71. The van der Waals surface area contributed by atoms with Gasteiger partial charge in [-0.25, -0.2) is 0 Å². The molecule has 1 aromatic carbocycles. The molecule has 1 amide bonds. The van der Waals surface area contributed by atoms with Crippen LogP contribution in [0.25, 0.3) is 0 Å². The van der Waals surface area contributed by atoms with Crippen molar-refractivity contribution in [3.8, 4) is 0 Å². The number of carbonyl (C=O) groups is 1. The zero-order valence-corrected chi connectivity index (χ0v) is 13.6. The van der Waals surface area contributed by atoms with Gasteiger partial charge >= 0.3 is 0 Å². The first kappa shape index (κ1) is 16.2. The highest BCUT2D eigenvalue weighted by Gasteiger charge is 2.31. The molecule has 0 aliphatic carbocycles. The van der Waals surface area contributed by atoms with Crippen LogP contribution in [0, 0.1) is 0 Å². The first-order chi connectivity index (χ1) is 10.0. The lowest BCUT2D eigenvalue weighted by molar-refractivity contribution is 0.0612. The van der Waals surface area contributed by atoms with E-state index < -0.39 is 5.60 Å². The summed E-state index contributed by atoms with van der Waals surface area (Å²) in [6, 6.07) is 7.60. The number of thioether (sulfide) groups is 1. The second-order valence-electron chi connectivity index (χ2n) is 5.68. The van der Waals surface area contributed by atoms with E-state index in [1.54, 1.807) is 11.8 Å². The molecule has 1 unspecified atom stereocenters. The molecule has 116 valence electrons. The SMILES string of the molecule is CCCN(C)c1ccc(C(=O)NCC2(O)CCSC2)cc1. The van der Waals surface area contributed by atoms with Crippen molar-refractivity contribution in [2.45, 2.75) is 25.4 Å². The Balaban J connectivity index is 1.90. The molecule has 21 heavy (non-hydrogen) atoms. The second-order valence-corrected chi connectivity index (χ2v) is 6.78. The number of hydrogen-bond acceptors (Lipinski definition) is 4. The fraction of sp³-hybridized carbons (Fsp3) is 0.562. The van der Waals surface area contributed by atoms with E-state index in [0.717, 1.165) is 30.8 Å². The number of anilines is 1. The topological polar surface area (TPSA) is 52.6 Å². The Morgan fingerprint density at radius 2 is 2.14 bits per heavy atom. The van der Waals surface area contributed by atoms with Gasteiger partial charge in [0.25, 0.3) is 5.91 Å². The first-order valence-electron chi connectivity index (χ1n) is 7.43. The van der Waals surface area contributed by atoms with Crippen molar-refractivity contribution in [2.24, 2.45) is 0 Å². The molecule has 1 saturated heterocycles. The Labute approximate surface area is 130 Å². The summed E-state index contributed by atoms with van der Waals surface area (Å²) in [4.78, 5) is 14.3. The molecule has 0 radical (unpaired) electrons. The van der Waals surface area contributed by atoms with Crippen molar-refractivity contribution in [1.29, 1.82) is 0 Å². The summed E-state index contributed by atoms with van der Waals surface area (Å²) >= 11 is 1.73. The lowest BCUT2D eigenvalue weighted by Crippen LogP contribution is -2.42. The fourth-order valence-electron chi connectivity index (χ4n) is 2.41. The summed E-state index contributed by atoms with van der Waals surface area (Å²) in [5, 5.41) is 13.1. The third-order valence-corrected chi connectivity index (χ3v) is 5.02. The highest BCUT2D eigenvalue weighted by atomic mass is 32.2. The highest BCUT2D eigenvalue weighted by molar-refractivity contribution is 7.99. The van der Waals surface area contributed by atoms with Crippen molar-refractivity contribution in [3.05, 3.63) is 29.8 Å². The third-order valence-electron chi connectivity index (χ3n) is 3.79. The predicted molar refractivity (Wildman–Crippen MR) is 89.2 cm³/mol. The lowest BCUT2D eigenvalue weighted by Gasteiger charge is -2.22. The second kappa shape index (κ2) is 7.18. The summed E-state index contributed by atoms with van der Waals surface area (Å²) in [5.74, 6) is 1.55. The molecule has 1 fully saturated rings. The molecule has 1 aliphatic rings. The minimum atomic E-state index is -0.735. The van der Waals surface area contributed by atoms with E-state index in [1.165, 1.54) is 0 Å². The zero-order chi connectivity index (χ0) is 15.3. The highest BCUT2D eigenvalue weighted by Crippen LogP contribution is 2.27. The smallest absolute Gasteiger partial charge is 0.251 e. The standard InChI is InChI=1S/C16H24N2O2S/c1-3-9-18(2)14-6-4-13(5-7-14)15(19)17-11-16(20)8-10-21-12-16/h4-7,20H,3,8-12H2,1-2H3,(H,17,19). The number of hydrogen-bond donors (Lipinski definition) is 2. The van der Waals surface area contributed by atoms with Crippen molar-refractivity contribution in [2.75, 3.05) is 36.5 Å². The van der Waals surface area contributed by atoms with Gasteiger partial charge in [0.15, 0.2) is 0 Å². The third kappa shape index (κ3) is 4.38. The van der Waals surface area contributed by atoms with Gasteiger partial charge in [-0.05, 0) is 42.9 Å². The number of amides is 1. The molecule has 1 aliphatic heterocycles. The average molecular weight is 308 g/mol. The normalized spacial score (nSPS) is 21.3. The van der Waals surface area contributed by atoms with Crippen LogP contribution >= 0.6 is 11.8 Å². The quantitative estimate of drug-likeness (QED) is 0.845. The molecule has 0 aromatic heterocycles.